The molecule has 1 aromatic carbocycles. The van der Waals surface area contributed by atoms with Crippen LogP contribution < -0.4 is 4.72 Å². The summed E-state index contributed by atoms with van der Waals surface area (Å²) in [4.78, 5) is 11.9. The van der Waals surface area contributed by atoms with Crippen LogP contribution in [0.1, 0.15) is 20.9 Å². The molecule has 0 aliphatic heterocycles. The lowest BCUT2D eigenvalue weighted by Gasteiger charge is -2.11. The number of benzene rings is 1. The van der Waals surface area contributed by atoms with Gasteiger partial charge in [0.2, 0.25) is 0 Å². The van der Waals surface area contributed by atoms with Gasteiger partial charge in [-0.1, -0.05) is 18.2 Å². The van der Waals surface area contributed by atoms with Gasteiger partial charge in [-0.15, -0.1) is 11.3 Å². The Labute approximate surface area is 155 Å². The zero-order valence-electron chi connectivity index (χ0n) is 14.4. The summed E-state index contributed by atoms with van der Waals surface area (Å²) in [5.74, 6) is -0.397. The van der Waals surface area contributed by atoms with E-state index >= 15 is 0 Å². The minimum atomic E-state index is -4.00. The average Bonchev–Trinajstić information content (AvgIpc) is 3.17. The van der Waals surface area contributed by atoms with Crippen LogP contribution in [0.15, 0.2) is 46.7 Å². The first-order valence-electron chi connectivity index (χ1n) is 7.65. The zero-order chi connectivity index (χ0) is 18.9. The van der Waals surface area contributed by atoms with Crippen molar-refractivity contribution in [2.75, 3.05) is 11.8 Å². The Morgan fingerprint density at radius 1 is 1.23 bits per heavy atom. The van der Waals surface area contributed by atoms with Crippen LogP contribution in [0.4, 0.5) is 5.82 Å². The Bertz CT molecular complexity index is 1050. The summed E-state index contributed by atoms with van der Waals surface area (Å²) in [6.45, 7) is 3.41. The molecule has 136 valence electrons. The molecule has 0 amide bonds. The normalized spacial score (nSPS) is 11.3. The van der Waals surface area contributed by atoms with Gasteiger partial charge in [-0.05, 0) is 36.9 Å². The van der Waals surface area contributed by atoms with Gasteiger partial charge in [0.25, 0.3) is 10.0 Å². The number of esters is 1. The molecule has 3 rings (SSSR count). The highest BCUT2D eigenvalue weighted by atomic mass is 32.2. The molecule has 9 heteroatoms. The van der Waals surface area contributed by atoms with E-state index in [9.17, 15) is 13.2 Å². The van der Waals surface area contributed by atoms with Crippen LogP contribution in [0.25, 0.3) is 5.69 Å². The van der Waals surface area contributed by atoms with Gasteiger partial charge in [0.1, 0.15) is 15.6 Å². The molecule has 26 heavy (non-hydrogen) atoms. The molecular weight excluding hydrogens is 374 g/mol. The number of aromatic nitrogens is 2. The number of anilines is 1. The number of carbonyl (C=O) groups excluding carboxylic acids is 1. The van der Waals surface area contributed by atoms with Crippen molar-refractivity contribution in [3.05, 3.63) is 57.9 Å². The van der Waals surface area contributed by atoms with E-state index in [4.69, 9.17) is 4.74 Å². The van der Waals surface area contributed by atoms with Crippen molar-refractivity contribution in [3.8, 4) is 5.69 Å². The van der Waals surface area contributed by atoms with E-state index in [1.165, 1.54) is 11.8 Å². The summed E-state index contributed by atoms with van der Waals surface area (Å²) < 4.78 is 34.7. The number of thiophene rings is 1. The molecule has 0 radical (unpaired) electrons. The van der Waals surface area contributed by atoms with E-state index in [1.54, 1.807) is 25.3 Å². The fourth-order valence-corrected chi connectivity index (χ4v) is 5.27. The third kappa shape index (κ3) is 3.35. The lowest BCUT2D eigenvalue weighted by molar-refractivity contribution is 0.0602. The molecule has 1 N–H and O–H groups in total. The Balaban J connectivity index is 2.05. The smallest absolute Gasteiger partial charge is 0.349 e. The molecule has 0 saturated heterocycles. The Morgan fingerprint density at radius 3 is 2.58 bits per heavy atom. The van der Waals surface area contributed by atoms with Gasteiger partial charge in [-0.25, -0.2) is 17.9 Å². The molecule has 0 bridgehead atoms. The molecule has 0 spiro atoms. The summed E-state index contributed by atoms with van der Waals surface area (Å²) in [7, 11) is -2.79. The highest BCUT2D eigenvalue weighted by molar-refractivity contribution is 7.93. The second-order valence-corrected chi connectivity index (χ2v) is 8.09. The first kappa shape index (κ1) is 18.2. The molecule has 0 aliphatic carbocycles. The second kappa shape index (κ2) is 6.93. The second-order valence-electron chi connectivity index (χ2n) is 5.59. The highest BCUT2D eigenvalue weighted by Crippen LogP contribution is 2.30. The molecule has 2 heterocycles. The first-order chi connectivity index (χ1) is 12.3. The number of hydrogen-bond donors (Lipinski definition) is 1. The van der Waals surface area contributed by atoms with Gasteiger partial charge in [0, 0.05) is 6.07 Å². The number of para-hydroxylation sites is 1. The third-order valence-corrected chi connectivity index (χ3v) is 6.38. The summed E-state index contributed by atoms with van der Waals surface area (Å²) in [6, 6.07) is 10.8. The summed E-state index contributed by atoms with van der Waals surface area (Å²) in [5.41, 5.74) is 1.85. The monoisotopic (exact) mass is 391 g/mol. The number of rotatable bonds is 5. The van der Waals surface area contributed by atoms with Crippen molar-refractivity contribution < 1.29 is 17.9 Å². The number of aryl methyl sites for hydroxylation is 2. The van der Waals surface area contributed by atoms with Crippen LogP contribution in [0.3, 0.4) is 0 Å². The van der Waals surface area contributed by atoms with Crippen LogP contribution in [0.2, 0.25) is 0 Å². The first-order valence-corrected chi connectivity index (χ1v) is 10.0. The van der Waals surface area contributed by atoms with Crippen molar-refractivity contribution in [2.24, 2.45) is 0 Å². The summed E-state index contributed by atoms with van der Waals surface area (Å²) in [5, 5.41) is 5.95. The Hall–Kier alpha value is -2.65. The third-order valence-electron chi connectivity index (χ3n) is 3.63. The molecule has 0 aliphatic rings. The number of ether oxygens (including phenoxy) is 1. The van der Waals surface area contributed by atoms with E-state index in [2.05, 4.69) is 9.82 Å². The largest absolute Gasteiger partial charge is 0.465 e. The van der Waals surface area contributed by atoms with E-state index in [0.717, 1.165) is 11.3 Å². The predicted molar refractivity (Wildman–Crippen MR) is 99.5 cm³/mol. The fraction of sp³-hybridized carbons (Fsp3) is 0.176. The molecular formula is C17H17N3O4S2. The highest BCUT2D eigenvalue weighted by Gasteiger charge is 2.28. The lowest BCUT2D eigenvalue weighted by Crippen LogP contribution is -2.18. The summed E-state index contributed by atoms with van der Waals surface area (Å²) in [6.07, 6.45) is 0. The minimum absolute atomic E-state index is 0.0417. The maximum atomic E-state index is 13.0. The number of carbonyl (C=O) groups is 1. The van der Waals surface area contributed by atoms with Crippen LogP contribution in [-0.4, -0.2) is 31.3 Å². The van der Waals surface area contributed by atoms with Gasteiger partial charge in [-0.3, -0.25) is 4.72 Å². The molecule has 7 nitrogen and oxygen atoms in total. The van der Waals surface area contributed by atoms with E-state index in [1.807, 2.05) is 30.3 Å². The van der Waals surface area contributed by atoms with Crippen LogP contribution in [-0.2, 0) is 14.8 Å². The molecule has 3 aromatic rings. The number of nitrogens with one attached hydrogen (secondary N) is 1. The van der Waals surface area contributed by atoms with E-state index in [0.29, 0.717) is 16.9 Å². The van der Waals surface area contributed by atoms with Gasteiger partial charge in [-0.2, -0.15) is 5.10 Å². The van der Waals surface area contributed by atoms with Crippen molar-refractivity contribution in [2.45, 2.75) is 18.7 Å². The fourth-order valence-electron chi connectivity index (χ4n) is 2.53. The SMILES string of the molecule is COC(=O)c1scc(C)c1S(=O)(=O)Nc1cc(C)nn1-c1ccccc1. The van der Waals surface area contributed by atoms with Gasteiger partial charge >= 0.3 is 5.97 Å². The number of sulfonamides is 1. The topological polar surface area (TPSA) is 90.3 Å². The van der Waals surface area contributed by atoms with Crippen molar-refractivity contribution in [1.29, 1.82) is 0 Å². The zero-order valence-corrected chi connectivity index (χ0v) is 16.0. The molecule has 0 fully saturated rings. The van der Waals surface area contributed by atoms with E-state index < -0.39 is 16.0 Å². The minimum Gasteiger partial charge on any atom is -0.465 e. The number of methoxy groups -OCH3 is 1. The van der Waals surface area contributed by atoms with Gasteiger partial charge in [0.05, 0.1) is 18.5 Å². The van der Waals surface area contributed by atoms with Crippen LogP contribution in [0.5, 0.6) is 0 Å². The maximum Gasteiger partial charge on any atom is 0.349 e. The predicted octanol–water partition coefficient (Wildman–Crippen LogP) is 3.14. The molecule has 0 saturated carbocycles. The molecule has 0 unspecified atom stereocenters. The van der Waals surface area contributed by atoms with E-state index in [-0.39, 0.29) is 15.6 Å². The standard InChI is InChI=1S/C17H17N3O4S2/c1-11-10-25-15(17(21)24-3)16(11)26(22,23)19-14-9-12(2)18-20(14)13-7-5-4-6-8-13/h4-10,19H,1-3H3. The lowest BCUT2D eigenvalue weighted by atomic mass is 10.3. The van der Waals surface area contributed by atoms with Crippen molar-refractivity contribution >= 4 is 33.1 Å². The quantitative estimate of drug-likeness (QED) is 0.675. The molecule has 0 atom stereocenters. The number of nitrogens with zero attached hydrogens (tertiary/aromatic N) is 2. The Kier molecular flexibility index (Phi) is 4.84. The van der Waals surface area contributed by atoms with Crippen molar-refractivity contribution in [3.63, 3.8) is 0 Å². The van der Waals surface area contributed by atoms with Crippen LogP contribution >= 0.6 is 11.3 Å². The van der Waals surface area contributed by atoms with Crippen LogP contribution in [0, 0.1) is 13.8 Å². The van der Waals surface area contributed by atoms with Crippen molar-refractivity contribution in [1.82, 2.24) is 9.78 Å². The Morgan fingerprint density at radius 2 is 1.92 bits per heavy atom. The summed E-state index contributed by atoms with van der Waals surface area (Å²) >= 11 is 1.04. The van der Waals surface area contributed by atoms with Gasteiger partial charge in [0.15, 0.2) is 0 Å². The maximum absolute atomic E-state index is 13.0. The number of hydrogen-bond acceptors (Lipinski definition) is 6. The molecule has 2 aromatic heterocycles. The van der Waals surface area contributed by atoms with Gasteiger partial charge < -0.3 is 4.74 Å². The average molecular weight is 391 g/mol.